The number of rotatable bonds is 2. The number of carbonyl (C=O) groups is 2. The van der Waals surface area contributed by atoms with E-state index in [-0.39, 0.29) is 17.7 Å². The minimum Gasteiger partial charge on any atom is -0.342 e. The Kier molecular flexibility index (Phi) is 4.41. The van der Waals surface area contributed by atoms with Crippen molar-refractivity contribution in [3.63, 3.8) is 0 Å². The molecule has 1 atom stereocenters. The molecule has 0 unspecified atom stereocenters. The second-order valence-corrected chi connectivity index (χ2v) is 6.99. The van der Waals surface area contributed by atoms with Crippen LogP contribution in [0, 0.1) is 0 Å². The summed E-state index contributed by atoms with van der Waals surface area (Å²) in [6.45, 7) is 4.30. The lowest BCUT2D eigenvalue weighted by molar-refractivity contribution is -0.127. The van der Waals surface area contributed by atoms with Gasteiger partial charge in [-0.15, -0.1) is 0 Å². The van der Waals surface area contributed by atoms with Gasteiger partial charge < -0.3 is 9.80 Å². The van der Waals surface area contributed by atoms with Gasteiger partial charge in [-0.1, -0.05) is 18.2 Å². The Balaban J connectivity index is 1.48. The molecule has 4 rings (SSSR count). The SMILES string of the molecule is CC(=O)N1CC[C@@H](c2ncc3c(n2)CCN(C(=O)c2ccccc2)C3)C1. The van der Waals surface area contributed by atoms with Crippen LogP contribution in [-0.4, -0.2) is 51.2 Å². The molecule has 3 heterocycles. The topological polar surface area (TPSA) is 66.4 Å². The van der Waals surface area contributed by atoms with Crippen LogP contribution in [0.4, 0.5) is 0 Å². The highest BCUT2D eigenvalue weighted by Gasteiger charge is 2.29. The largest absolute Gasteiger partial charge is 0.342 e. The van der Waals surface area contributed by atoms with E-state index in [0.29, 0.717) is 25.2 Å². The van der Waals surface area contributed by atoms with Gasteiger partial charge in [0.15, 0.2) is 0 Å². The summed E-state index contributed by atoms with van der Waals surface area (Å²) >= 11 is 0. The maximum Gasteiger partial charge on any atom is 0.254 e. The van der Waals surface area contributed by atoms with Gasteiger partial charge in [-0.2, -0.15) is 0 Å². The van der Waals surface area contributed by atoms with E-state index < -0.39 is 0 Å². The second kappa shape index (κ2) is 6.86. The zero-order valence-corrected chi connectivity index (χ0v) is 14.9. The van der Waals surface area contributed by atoms with Gasteiger partial charge in [0.25, 0.3) is 5.91 Å². The molecule has 1 fully saturated rings. The Labute approximate surface area is 152 Å². The lowest BCUT2D eigenvalue weighted by Crippen LogP contribution is -2.36. The number of nitrogens with zero attached hydrogens (tertiary/aromatic N) is 4. The quantitative estimate of drug-likeness (QED) is 0.831. The molecule has 26 heavy (non-hydrogen) atoms. The lowest BCUT2D eigenvalue weighted by Gasteiger charge is -2.28. The molecule has 1 aromatic carbocycles. The molecule has 0 aliphatic carbocycles. The van der Waals surface area contributed by atoms with E-state index in [1.807, 2.05) is 46.3 Å². The summed E-state index contributed by atoms with van der Waals surface area (Å²) in [5.41, 5.74) is 2.77. The van der Waals surface area contributed by atoms with Crippen LogP contribution in [0.25, 0.3) is 0 Å². The average molecular weight is 350 g/mol. The van der Waals surface area contributed by atoms with Gasteiger partial charge in [-0.05, 0) is 18.6 Å². The summed E-state index contributed by atoms with van der Waals surface area (Å²) in [5.74, 6) is 1.21. The number of benzene rings is 1. The summed E-state index contributed by atoms with van der Waals surface area (Å²) in [4.78, 5) is 37.2. The Bertz CT molecular complexity index is 837. The molecule has 1 saturated heterocycles. The van der Waals surface area contributed by atoms with E-state index in [0.717, 1.165) is 36.5 Å². The van der Waals surface area contributed by atoms with E-state index in [1.165, 1.54) is 0 Å². The van der Waals surface area contributed by atoms with Crippen molar-refractivity contribution in [3.8, 4) is 0 Å². The van der Waals surface area contributed by atoms with Crippen molar-refractivity contribution in [1.82, 2.24) is 19.8 Å². The third kappa shape index (κ3) is 3.19. The monoisotopic (exact) mass is 350 g/mol. The molecule has 2 aliphatic rings. The lowest BCUT2D eigenvalue weighted by atomic mass is 10.0. The number of hydrogen-bond donors (Lipinski definition) is 0. The molecule has 0 N–H and O–H groups in total. The van der Waals surface area contributed by atoms with Gasteiger partial charge in [-0.3, -0.25) is 9.59 Å². The highest BCUT2D eigenvalue weighted by Crippen LogP contribution is 2.26. The first-order chi connectivity index (χ1) is 12.6. The first kappa shape index (κ1) is 16.7. The fraction of sp³-hybridized carbons (Fsp3) is 0.400. The Morgan fingerprint density at radius 3 is 2.65 bits per heavy atom. The van der Waals surface area contributed by atoms with Crippen molar-refractivity contribution in [3.05, 3.63) is 59.2 Å². The summed E-state index contributed by atoms with van der Waals surface area (Å²) in [6.07, 6.45) is 3.52. The van der Waals surface area contributed by atoms with Crippen molar-refractivity contribution >= 4 is 11.8 Å². The minimum atomic E-state index is 0.0493. The highest BCUT2D eigenvalue weighted by molar-refractivity contribution is 5.94. The van der Waals surface area contributed by atoms with Crippen LogP contribution in [0.2, 0.25) is 0 Å². The third-order valence-electron chi connectivity index (χ3n) is 5.26. The van der Waals surface area contributed by atoms with Crippen molar-refractivity contribution in [2.75, 3.05) is 19.6 Å². The summed E-state index contributed by atoms with van der Waals surface area (Å²) in [5, 5.41) is 0. The molecule has 6 nitrogen and oxygen atoms in total. The number of hydrogen-bond acceptors (Lipinski definition) is 4. The maximum absolute atomic E-state index is 12.6. The predicted octanol–water partition coefficient (Wildman–Crippen LogP) is 2.01. The molecule has 6 heteroatoms. The van der Waals surface area contributed by atoms with E-state index >= 15 is 0 Å². The van der Waals surface area contributed by atoms with Gasteiger partial charge in [0.1, 0.15) is 5.82 Å². The van der Waals surface area contributed by atoms with E-state index in [9.17, 15) is 9.59 Å². The van der Waals surface area contributed by atoms with Crippen LogP contribution in [-0.2, 0) is 17.8 Å². The molecular weight excluding hydrogens is 328 g/mol. The smallest absolute Gasteiger partial charge is 0.254 e. The van der Waals surface area contributed by atoms with Crippen LogP contribution < -0.4 is 0 Å². The average Bonchev–Trinajstić information content (AvgIpc) is 3.18. The molecule has 134 valence electrons. The Morgan fingerprint density at radius 1 is 1.12 bits per heavy atom. The second-order valence-electron chi connectivity index (χ2n) is 6.99. The molecule has 0 spiro atoms. The molecular formula is C20H22N4O2. The van der Waals surface area contributed by atoms with E-state index in [2.05, 4.69) is 4.98 Å². The Morgan fingerprint density at radius 2 is 1.92 bits per heavy atom. The number of aromatic nitrogens is 2. The molecule has 2 aliphatic heterocycles. The van der Waals surface area contributed by atoms with Gasteiger partial charge in [-0.25, -0.2) is 9.97 Å². The molecule has 0 bridgehead atoms. The zero-order valence-electron chi connectivity index (χ0n) is 14.9. The van der Waals surface area contributed by atoms with Crippen LogP contribution in [0.1, 0.15) is 46.7 Å². The maximum atomic E-state index is 12.6. The molecule has 0 radical (unpaired) electrons. The van der Waals surface area contributed by atoms with Crippen molar-refractivity contribution in [2.45, 2.75) is 32.2 Å². The van der Waals surface area contributed by atoms with Crippen molar-refractivity contribution in [1.29, 1.82) is 0 Å². The van der Waals surface area contributed by atoms with Gasteiger partial charge in [0, 0.05) is 62.8 Å². The van der Waals surface area contributed by atoms with Gasteiger partial charge in [0.2, 0.25) is 5.91 Å². The van der Waals surface area contributed by atoms with E-state index in [1.54, 1.807) is 6.92 Å². The van der Waals surface area contributed by atoms with E-state index in [4.69, 9.17) is 4.98 Å². The molecule has 2 aromatic rings. The minimum absolute atomic E-state index is 0.0493. The predicted molar refractivity (Wildman–Crippen MR) is 96.5 cm³/mol. The van der Waals surface area contributed by atoms with Crippen LogP contribution in [0.5, 0.6) is 0 Å². The van der Waals surface area contributed by atoms with Gasteiger partial charge in [0.05, 0.1) is 5.69 Å². The standard InChI is InChI=1S/C20H22N4O2/c1-14(25)23-9-7-16(12-23)19-21-11-17-13-24(10-8-18(17)22-19)20(26)15-5-3-2-4-6-15/h2-6,11,16H,7-10,12-13H2,1H3/t16-/m1/s1. The fourth-order valence-corrected chi connectivity index (χ4v) is 3.72. The summed E-state index contributed by atoms with van der Waals surface area (Å²) in [7, 11) is 0. The summed E-state index contributed by atoms with van der Waals surface area (Å²) < 4.78 is 0. The molecule has 0 saturated carbocycles. The number of likely N-dealkylation sites (tertiary alicyclic amines) is 1. The van der Waals surface area contributed by atoms with Crippen molar-refractivity contribution < 1.29 is 9.59 Å². The van der Waals surface area contributed by atoms with Crippen LogP contribution >= 0.6 is 0 Å². The summed E-state index contributed by atoms with van der Waals surface area (Å²) in [6, 6.07) is 9.36. The van der Waals surface area contributed by atoms with Gasteiger partial charge >= 0.3 is 0 Å². The molecule has 2 amide bonds. The first-order valence-corrected chi connectivity index (χ1v) is 9.06. The zero-order chi connectivity index (χ0) is 18.1. The number of amides is 2. The number of carbonyl (C=O) groups excluding carboxylic acids is 2. The number of fused-ring (bicyclic) bond motifs is 1. The normalized spacial score (nSPS) is 19.3. The third-order valence-corrected chi connectivity index (χ3v) is 5.26. The van der Waals surface area contributed by atoms with Crippen LogP contribution in [0.15, 0.2) is 36.5 Å². The fourth-order valence-electron chi connectivity index (χ4n) is 3.72. The molecule has 1 aromatic heterocycles. The van der Waals surface area contributed by atoms with Crippen LogP contribution in [0.3, 0.4) is 0 Å². The first-order valence-electron chi connectivity index (χ1n) is 9.06. The Hall–Kier alpha value is -2.76. The van der Waals surface area contributed by atoms with Crippen molar-refractivity contribution in [2.24, 2.45) is 0 Å². The highest BCUT2D eigenvalue weighted by atomic mass is 16.2.